The van der Waals surface area contributed by atoms with Crippen LogP contribution in [0.4, 0.5) is 0 Å². The van der Waals surface area contributed by atoms with Crippen molar-refractivity contribution in [3.8, 4) is 0 Å². The number of nitrogens with zero attached hydrogens (tertiary/aromatic N) is 1. The molecule has 0 aliphatic heterocycles. The molecular weight excluding hydrogens is 286 g/mol. The van der Waals surface area contributed by atoms with Gasteiger partial charge in [-0.1, -0.05) is 6.07 Å². The first-order valence-electron chi connectivity index (χ1n) is 6.40. The summed E-state index contributed by atoms with van der Waals surface area (Å²) in [6.45, 7) is -0.114. The van der Waals surface area contributed by atoms with Gasteiger partial charge in [-0.2, -0.15) is 0 Å². The van der Waals surface area contributed by atoms with E-state index in [9.17, 15) is 14.4 Å². The van der Waals surface area contributed by atoms with Crippen molar-refractivity contribution in [1.29, 1.82) is 0 Å². The first-order valence-corrected chi connectivity index (χ1v) is 6.40. The number of carbonyl (C=O) groups is 3. The maximum atomic E-state index is 12.0. The number of hydrogen-bond donors (Lipinski definition) is 2. The average molecular weight is 299 g/mol. The number of carbonyl (C=O) groups excluding carboxylic acids is 3. The Balaban J connectivity index is 2.22. The number of pyridine rings is 1. The molecule has 0 saturated heterocycles. The Bertz CT molecular complexity index is 678. The molecule has 2 amide bonds. The summed E-state index contributed by atoms with van der Waals surface area (Å²) in [5, 5.41) is 4.91. The van der Waals surface area contributed by atoms with Crippen molar-refractivity contribution in [3.05, 3.63) is 60.3 Å². The minimum atomic E-state index is -0.521. The highest BCUT2D eigenvalue weighted by Crippen LogP contribution is 2.09. The molecule has 0 aliphatic carbocycles. The monoisotopic (exact) mass is 299 g/mol. The summed E-state index contributed by atoms with van der Waals surface area (Å²) in [6.07, 6.45) is 4.63. The highest BCUT2D eigenvalue weighted by molar-refractivity contribution is 6.02. The molecule has 22 heavy (non-hydrogen) atoms. The van der Waals surface area contributed by atoms with Crippen LogP contribution < -0.4 is 10.6 Å². The fraction of sp³-hybridized carbons (Fsp3) is 0.0667. The van der Waals surface area contributed by atoms with Gasteiger partial charge in [0.15, 0.2) is 5.76 Å². The summed E-state index contributed by atoms with van der Waals surface area (Å²) in [7, 11) is 0. The summed E-state index contributed by atoms with van der Waals surface area (Å²) in [5.41, 5.74) is 0.606. The lowest BCUT2D eigenvalue weighted by Crippen LogP contribution is -2.27. The topological polar surface area (TPSA) is 101 Å². The molecule has 112 valence electrons. The smallest absolute Gasteiger partial charge is 0.291 e. The van der Waals surface area contributed by atoms with Crippen LogP contribution >= 0.6 is 0 Å². The molecule has 0 saturated carbocycles. The third-order valence-electron chi connectivity index (χ3n) is 2.57. The number of aldehydes is 1. The third-order valence-corrected chi connectivity index (χ3v) is 2.57. The highest BCUT2D eigenvalue weighted by atomic mass is 16.3. The fourth-order valence-corrected chi connectivity index (χ4v) is 1.61. The van der Waals surface area contributed by atoms with E-state index in [1.54, 1.807) is 24.3 Å². The largest absolute Gasteiger partial charge is 0.459 e. The fourth-order valence-electron chi connectivity index (χ4n) is 1.61. The molecule has 2 rings (SSSR count). The second-order valence-corrected chi connectivity index (χ2v) is 4.12. The zero-order valence-electron chi connectivity index (χ0n) is 11.5. The Morgan fingerprint density at radius 3 is 2.73 bits per heavy atom. The predicted octanol–water partition coefficient (Wildman–Crippen LogP) is 0.761. The molecule has 0 spiro atoms. The zero-order chi connectivity index (χ0) is 15.8. The quantitative estimate of drug-likeness (QED) is 0.606. The Morgan fingerprint density at radius 1 is 1.23 bits per heavy atom. The van der Waals surface area contributed by atoms with Crippen LogP contribution in [0.15, 0.2) is 53.3 Å². The molecule has 0 aromatic carbocycles. The van der Waals surface area contributed by atoms with E-state index in [-0.39, 0.29) is 18.0 Å². The summed E-state index contributed by atoms with van der Waals surface area (Å²) >= 11 is 0. The van der Waals surface area contributed by atoms with Crippen molar-refractivity contribution in [2.75, 3.05) is 6.54 Å². The van der Waals surface area contributed by atoms with Gasteiger partial charge in [0.05, 0.1) is 24.2 Å². The first kappa shape index (κ1) is 15.2. The number of rotatable bonds is 6. The van der Waals surface area contributed by atoms with Gasteiger partial charge < -0.3 is 19.8 Å². The number of hydrogen-bond acceptors (Lipinski definition) is 5. The van der Waals surface area contributed by atoms with Gasteiger partial charge in [0.1, 0.15) is 6.29 Å². The van der Waals surface area contributed by atoms with Gasteiger partial charge in [0, 0.05) is 12.3 Å². The second-order valence-electron chi connectivity index (χ2n) is 4.12. The van der Waals surface area contributed by atoms with Crippen molar-refractivity contribution in [3.63, 3.8) is 0 Å². The third kappa shape index (κ3) is 4.14. The van der Waals surface area contributed by atoms with Crippen molar-refractivity contribution in [2.24, 2.45) is 0 Å². The molecule has 2 heterocycles. The van der Waals surface area contributed by atoms with E-state index in [1.165, 1.54) is 18.5 Å². The molecule has 0 radical (unpaired) electrons. The van der Waals surface area contributed by atoms with Gasteiger partial charge in [-0.25, -0.2) is 0 Å². The van der Waals surface area contributed by atoms with E-state index in [1.807, 2.05) is 0 Å². The summed E-state index contributed by atoms with van der Waals surface area (Å²) in [5.74, 6) is -0.923. The lowest BCUT2D eigenvalue weighted by Gasteiger charge is -2.08. The van der Waals surface area contributed by atoms with Gasteiger partial charge in [0.25, 0.3) is 5.91 Å². The predicted molar refractivity (Wildman–Crippen MR) is 77.5 cm³/mol. The normalized spacial score (nSPS) is 10.8. The average Bonchev–Trinajstić information content (AvgIpc) is 3.07. The standard InChI is InChI=1S/C15H13N3O4/c19-8-7-17-14(20)10-12(11-4-1-2-6-16-11)18-15(21)13-5-3-9-22-13/h1-6,8-10H,7H2,(H,17,20)(H,18,21). The Hall–Kier alpha value is -3.22. The number of amides is 2. The molecule has 2 N–H and O–H groups in total. The minimum Gasteiger partial charge on any atom is -0.459 e. The Kier molecular flexibility index (Phi) is 5.20. The van der Waals surface area contributed by atoms with Crippen LogP contribution in [0.25, 0.3) is 5.70 Å². The van der Waals surface area contributed by atoms with Gasteiger partial charge in [-0.05, 0) is 24.3 Å². The lowest BCUT2D eigenvalue weighted by molar-refractivity contribution is -0.118. The maximum Gasteiger partial charge on any atom is 0.291 e. The zero-order valence-corrected chi connectivity index (χ0v) is 11.5. The number of furan rings is 1. The summed E-state index contributed by atoms with van der Waals surface area (Å²) < 4.78 is 5.00. The summed E-state index contributed by atoms with van der Waals surface area (Å²) in [6, 6.07) is 8.15. The molecule has 0 fully saturated rings. The molecular formula is C15H13N3O4. The van der Waals surface area contributed by atoms with Crippen molar-refractivity contribution in [2.45, 2.75) is 0 Å². The van der Waals surface area contributed by atoms with Crippen LogP contribution in [0.2, 0.25) is 0 Å². The van der Waals surface area contributed by atoms with E-state index in [0.29, 0.717) is 12.0 Å². The van der Waals surface area contributed by atoms with E-state index < -0.39 is 11.8 Å². The van der Waals surface area contributed by atoms with E-state index in [2.05, 4.69) is 15.6 Å². The minimum absolute atomic E-state index is 0.107. The van der Waals surface area contributed by atoms with Gasteiger partial charge in [-0.15, -0.1) is 0 Å². The molecule has 7 heteroatoms. The number of aromatic nitrogens is 1. The second kappa shape index (κ2) is 7.53. The van der Waals surface area contributed by atoms with Crippen LogP contribution in [-0.4, -0.2) is 29.6 Å². The first-order chi connectivity index (χ1) is 10.7. The molecule has 2 aromatic rings. The highest BCUT2D eigenvalue weighted by Gasteiger charge is 2.13. The van der Waals surface area contributed by atoms with Crippen LogP contribution in [0, 0.1) is 0 Å². The Labute approximate surface area is 126 Å². The van der Waals surface area contributed by atoms with E-state index in [4.69, 9.17) is 4.42 Å². The molecule has 0 bridgehead atoms. The molecule has 7 nitrogen and oxygen atoms in total. The molecule has 2 aromatic heterocycles. The lowest BCUT2D eigenvalue weighted by atomic mass is 10.2. The van der Waals surface area contributed by atoms with Crippen LogP contribution in [0.1, 0.15) is 16.2 Å². The molecule has 0 unspecified atom stereocenters. The van der Waals surface area contributed by atoms with Crippen molar-refractivity contribution in [1.82, 2.24) is 15.6 Å². The SMILES string of the molecule is O=CCNC(=O)C=C(NC(=O)c1ccco1)c1ccccn1. The van der Waals surface area contributed by atoms with E-state index in [0.717, 1.165) is 6.08 Å². The van der Waals surface area contributed by atoms with Crippen LogP contribution in [0.3, 0.4) is 0 Å². The number of nitrogens with one attached hydrogen (secondary N) is 2. The maximum absolute atomic E-state index is 12.0. The Morgan fingerprint density at radius 2 is 2.09 bits per heavy atom. The van der Waals surface area contributed by atoms with Crippen LogP contribution in [-0.2, 0) is 9.59 Å². The van der Waals surface area contributed by atoms with Gasteiger partial charge >= 0.3 is 0 Å². The van der Waals surface area contributed by atoms with Crippen molar-refractivity contribution >= 4 is 23.8 Å². The van der Waals surface area contributed by atoms with E-state index >= 15 is 0 Å². The summed E-state index contributed by atoms with van der Waals surface area (Å²) in [4.78, 5) is 38.1. The molecule has 0 atom stereocenters. The van der Waals surface area contributed by atoms with Gasteiger partial charge in [-0.3, -0.25) is 14.6 Å². The van der Waals surface area contributed by atoms with Crippen LogP contribution in [0.5, 0.6) is 0 Å². The molecule has 0 aliphatic rings. The van der Waals surface area contributed by atoms with Crippen molar-refractivity contribution < 1.29 is 18.8 Å². The van der Waals surface area contributed by atoms with Gasteiger partial charge in [0.2, 0.25) is 5.91 Å².